The minimum Gasteiger partial charge on any atom is -0.342 e. The van der Waals surface area contributed by atoms with Gasteiger partial charge in [0.2, 0.25) is 0 Å². The zero-order valence-corrected chi connectivity index (χ0v) is 11.1. The van der Waals surface area contributed by atoms with E-state index in [1.54, 1.807) is 12.1 Å². The molecule has 0 aliphatic carbocycles. The number of rotatable bonds is 0. The molecule has 0 fully saturated rings. The molecule has 0 atom stereocenters. The predicted molar refractivity (Wildman–Crippen MR) is 76.8 cm³/mol. The first-order chi connectivity index (χ1) is 9.58. The van der Waals surface area contributed by atoms with Crippen LogP contribution in [0.25, 0.3) is 32.8 Å². The molecule has 0 saturated carbocycles. The molecular formula is C16H12F2N2. The third kappa shape index (κ3) is 1.26. The number of nitrogens with zero attached hydrogens (tertiary/aromatic N) is 2. The van der Waals surface area contributed by atoms with Gasteiger partial charge in [-0.05, 0) is 36.4 Å². The van der Waals surface area contributed by atoms with Crippen LogP contribution in [-0.4, -0.2) is 9.13 Å². The van der Waals surface area contributed by atoms with E-state index < -0.39 is 0 Å². The summed E-state index contributed by atoms with van der Waals surface area (Å²) in [5.74, 6) is -0.525. The number of aromatic nitrogens is 2. The highest BCUT2D eigenvalue weighted by molar-refractivity contribution is 6.17. The van der Waals surface area contributed by atoms with Crippen LogP contribution in [0.3, 0.4) is 0 Å². The van der Waals surface area contributed by atoms with Crippen LogP contribution < -0.4 is 0 Å². The molecule has 2 heterocycles. The molecule has 0 amide bonds. The highest BCUT2D eigenvalue weighted by Crippen LogP contribution is 2.35. The molecule has 2 aromatic carbocycles. The van der Waals surface area contributed by atoms with E-state index >= 15 is 0 Å². The first-order valence-electron chi connectivity index (χ1n) is 6.39. The Bertz CT molecular complexity index is 911. The summed E-state index contributed by atoms with van der Waals surface area (Å²) in [6.45, 7) is 0. The molecule has 2 aromatic heterocycles. The van der Waals surface area contributed by atoms with Gasteiger partial charge in [0.15, 0.2) is 0 Å². The summed E-state index contributed by atoms with van der Waals surface area (Å²) in [5.41, 5.74) is 3.75. The Kier molecular flexibility index (Phi) is 2.06. The fourth-order valence-corrected chi connectivity index (χ4v) is 3.16. The third-order valence-electron chi connectivity index (χ3n) is 4.05. The van der Waals surface area contributed by atoms with E-state index in [-0.39, 0.29) is 11.6 Å². The van der Waals surface area contributed by atoms with Crippen molar-refractivity contribution < 1.29 is 8.78 Å². The van der Waals surface area contributed by atoms with Crippen molar-refractivity contribution in [2.75, 3.05) is 0 Å². The maximum Gasteiger partial charge on any atom is 0.124 e. The monoisotopic (exact) mass is 270 g/mol. The summed E-state index contributed by atoms with van der Waals surface area (Å²) in [4.78, 5) is 0. The molecule has 0 aliphatic heterocycles. The number of aryl methyl sites for hydroxylation is 2. The third-order valence-corrected chi connectivity index (χ3v) is 4.05. The van der Waals surface area contributed by atoms with Gasteiger partial charge in [-0.15, -0.1) is 0 Å². The van der Waals surface area contributed by atoms with Crippen molar-refractivity contribution in [3.8, 4) is 0 Å². The molecule has 0 spiro atoms. The van der Waals surface area contributed by atoms with Crippen LogP contribution in [0.1, 0.15) is 0 Å². The molecular weight excluding hydrogens is 258 g/mol. The number of hydrogen-bond acceptors (Lipinski definition) is 0. The summed E-state index contributed by atoms with van der Waals surface area (Å²) in [5, 5.41) is 1.70. The molecule has 0 bridgehead atoms. The minimum absolute atomic E-state index is 0.263. The van der Waals surface area contributed by atoms with Crippen LogP contribution in [-0.2, 0) is 14.1 Å². The quantitative estimate of drug-likeness (QED) is 0.455. The maximum atomic E-state index is 13.5. The first kappa shape index (κ1) is 11.5. The first-order valence-corrected chi connectivity index (χ1v) is 6.39. The lowest BCUT2D eigenvalue weighted by molar-refractivity contribution is 0.629. The van der Waals surface area contributed by atoms with Crippen LogP contribution in [0.2, 0.25) is 0 Å². The summed E-state index contributed by atoms with van der Waals surface area (Å²) in [6, 6.07) is 9.49. The Morgan fingerprint density at radius 3 is 1.50 bits per heavy atom. The molecule has 20 heavy (non-hydrogen) atoms. The van der Waals surface area contributed by atoms with E-state index in [9.17, 15) is 8.78 Å². The van der Waals surface area contributed by atoms with Crippen molar-refractivity contribution in [2.45, 2.75) is 0 Å². The Morgan fingerprint density at radius 1 is 0.700 bits per heavy atom. The lowest BCUT2D eigenvalue weighted by Gasteiger charge is -2.01. The van der Waals surface area contributed by atoms with Gasteiger partial charge in [-0.3, -0.25) is 0 Å². The Labute approximate surface area is 113 Å². The average Bonchev–Trinajstić information content (AvgIpc) is 2.85. The molecule has 2 nitrogen and oxygen atoms in total. The molecule has 0 saturated heterocycles. The largest absolute Gasteiger partial charge is 0.342 e. The van der Waals surface area contributed by atoms with Gasteiger partial charge in [0.05, 0.1) is 22.1 Å². The Balaban J connectivity index is 2.38. The molecule has 0 N–H and O–H groups in total. The van der Waals surface area contributed by atoms with Gasteiger partial charge in [-0.1, -0.05) is 0 Å². The summed E-state index contributed by atoms with van der Waals surface area (Å²) < 4.78 is 31.1. The van der Waals surface area contributed by atoms with Gasteiger partial charge < -0.3 is 9.13 Å². The standard InChI is InChI=1S/C16H12F2N2/c1-19-13-5-3-9(17)7-11(13)16-15(19)12-8-10(18)4-6-14(12)20(16)2/h3-8H,1-2H3. The number of benzene rings is 2. The normalized spacial score (nSPS) is 12.0. The topological polar surface area (TPSA) is 9.86 Å². The summed E-state index contributed by atoms with van der Waals surface area (Å²) in [6.07, 6.45) is 0. The SMILES string of the molecule is Cn1c2ccc(F)cc2c2c1c1cc(F)ccc1n2C. The lowest BCUT2D eigenvalue weighted by atomic mass is 10.2. The van der Waals surface area contributed by atoms with Crippen molar-refractivity contribution in [1.29, 1.82) is 0 Å². The van der Waals surface area contributed by atoms with Crippen molar-refractivity contribution in [3.63, 3.8) is 0 Å². The highest BCUT2D eigenvalue weighted by atomic mass is 19.1. The van der Waals surface area contributed by atoms with E-state index in [0.29, 0.717) is 0 Å². The fraction of sp³-hybridized carbons (Fsp3) is 0.125. The second-order valence-electron chi connectivity index (χ2n) is 5.14. The van der Waals surface area contributed by atoms with Gasteiger partial charge in [-0.2, -0.15) is 0 Å². The molecule has 0 radical (unpaired) electrons. The second kappa shape index (κ2) is 3.60. The zero-order valence-electron chi connectivity index (χ0n) is 11.1. The van der Waals surface area contributed by atoms with E-state index in [1.165, 1.54) is 24.3 Å². The second-order valence-corrected chi connectivity index (χ2v) is 5.14. The highest BCUT2D eigenvalue weighted by Gasteiger charge is 2.17. The van der Waals surface area contributed by atoms with Crippen LogP contribution in [0.4, 0.5) is 8.78 Å². The van der Waals surface area contributed by atoms with E-state index in [1.807, 2.05) is 23.2 Å². The predicted octanol–water partition coefficient (Wildman–Crippen LogP) is 4.10. The van der Waals surface area contributed by atoms with E-state index in [0.717, 1.165) is 32.8 Å². The van der Waals surface area contributed by atoms with Crippen LogP contribution in [0, 0.1) is 11.6 Å². The Morgan fingerprint density at radius 2 is 1.10 bits per heavy atom. The van der Waals surface area contributed by atoms with Crippen molar-refractivity contribution in [1.82, 2.24) is 9.13 Å². The van der Waals surface area contributed by atoms with Crippen LogP contribution in [0.5, 0.6) is 0 Å². The smallest absolute Gasteiger partial charge is 0.124 e. The number of fused-ring (bicyclic) bond motifs is 5. The van der Waals surface area contributed by atoms with Gasteiger partial charge in [0, 0.05) is 24.9 Å². The van der Waals surface area contributed by atoms with E-state index in [4.69, 9.17) is 0 Å². The van der Waals surface area contributed by atoms with Gasteiger partial charge in [0.1, 0.15) is 11.6 Å². The Hall–Kier alpha value is -2.36. The van der Waals surface area contributed by atoms with Crippen LogP contribution >= 0.6 is 0 Å². The molecule has 100 valence electrons. The van der Waals surface area contributed by atoms with Crippen LogP contribution in [0.15, 0.2) is 36.4 Å². The minimum atomic E-state index is -0.263. The maximum absolute atomic E-state index is 13.5. The molecule has 4 heteroatoms. The van der Waals surface area contributed by atoms with Gasteiger partial charge >= 0.3 is 0 Å². The fourth-order valence-electron chi connectivity index (χ4n) is 3.16. The van der Waals surface area contributed by atoms with Crippen molar-refractivity contribution >= 4 is 32.8 Å². The summed E-state index contributed by atoms with van der Waals surface area (Å²) in [7, 11) is 3.85. The van der Waals surface area contributed by atoms with Gasteiger partial charge in [0.25, 0.3) is 0 Å². The zero-order chi connectivity index (χ0) is 14.0. The lowest BCUT2D eigenvalue weighted by Crippen LogP contribution is -1.88. The average molecular weight is 270 g/mol. The number of halogens is 2. The molecule has 0 unspecified atom stereocenters. The summed E-state index contributed by atoms with van der Waals surface area (Å²) >= 11 is 0. The van der Waals surface area contributed by atoms with Crippen molar-refractivity contribution in [2.24, 2.45) is 14.1 Å². The molecule has 4 aromatic rings. The molecule has 0 aliphatic rings. The van der Waals surface area contributed by atoms with E-state index in [2.05, 4.69) is 0 Å². The van der Waals surface area contributed by atoms with Gasteiger partial charge in [-0.25, -0.2) is 8.78 Å². The molecule has 4 rings (SSSR count). The number of hydrogen-bond donors (Lipinski definition) is 0. The van der Waals surface area contributed by atoms with Crippen molar-refractivity contribution in [3.05, 3.63) is 48.0 Å².